The summed E-state index contributed by atoms with van der Waals surface area (Å²) < 4.78 is 0. The second-order valence-electron chi connectivity index (χ2n) is 4.91. The molecule has 0 radical (unpaired) electrons. The van der Waals surface area contributed by atoms with E-state index in [2.05, 4.69) is 29.0 Å². The largest absolute Gasteiger partial charge is 0.319 e. The fourth-order valence-corrected chi connectivity index (χ4v) is 4.01. The first-order chi connectivity index (χ1) is 7.40. The van der Waals surface area contributed by atoms with Crippen molar-refractivity contribution in [3.05, 3.63) is 0 Å². The molecule has 2 heterocycles. The van der Waals surface area contributed by atoms with Crippen LogP contribution in [0.1, 0.15) is 25.7 Å². The quantitative estimate of drug-likeness (QED) is 0.793. The first-order valence-corrected chi connectivity index (χ1v) is 7.52. The second-order valence-corrected chi connectivity index (χ2v) is 6.06. The van der Waals surface area contributed by atoms with Gasteiger partial charge in [-0.05, 0) is 64.0 Å². The van der Waals surface area contributed by atoms with Crippen LogP contribution in [0.5, 0.6) is 0 Å². The van der Waals surface area contributed by atoms with Gasteiger partial charge in [0, 0.05) is 11.8 Å². The first-order valence-electron chi connectivity index (χ1n) is 6.36. The number of rotatable bonds is 3. The van der Waals surface area contributed by atoms with Crippen LogP contribution in [0.25, 0.3) is 0 Å². The molecule has 0 spiro atoms. The Morgan fingerprint density at radius 2 is 2.07 bits per heavy atom. The van der Waals surface area contributed by atoms with Crippen LogP contribution in [0.3, 0.4) is 0 Å². The van der Waals surface area contributed by atoms with Crippen molar-refractivity contribution in [3.63, 3.8) is 0 Å². The molecule has 0 aromatic rings. The van der Waals surface area contributed by atoms with Gasteiger partial charge in [0.1, 0.15) is 0 Å². The van der Waals surface area contributed by atoms with E-state index in [9.17, 15) is 0 Å². The Bertz CT molecular complexity index is 172. The molecule has 0 saturated carbocycles. The number of piperidine rings is 1. The Kier molecular flexibility index (Phi) is 4.79. The van der Waals surface area contributed by atoms with Gasteiger partial charge >= 0.3 is 0 Å². The minimum atomic E-state index is 0.902. The summed E-state index contributed by atoms with van der Waals surface area (Å²) in [5.41, 5.74) is 0. The Balaban J connectivity index is 1.72. The first kappa shape index (κ1) is 11.7. The summed E-state index contributed by atoms with van der Waals surface area (Å²) in [4.78, 5) is 2.75. The van der Waals surface area contributed by atoms with Crippen LogP contribution >= 0.6 is 11.8 Å². The molecular weight excluding hydrogens is 204 g/mol. The zero-order chi connectivity index (χ0) is 10.5. The summed E-state index contributed by atoms with van der Waals surface area (Å²) in [6.07, 6.45) is 5.69. The average molecular weight is 228 g/mol. The Hall–Kier alpha value is 0.270. The van der Waals surface area contributed by atoms with E-state index in [1.807, 2.05) is 0 Å². The van der Waals surface area contributed by atoms with E-state index in [1.165, 1.54) is 56.8 Å². The predicted octanol–water partition coefficient (Wildman–Crippen LogP) is 1.81. The van der Waals surface area contributed by atoms with E-state index < -0.39 is 0 Å². The van der Waals surface area contributed by atoms with Crippen molar-refractivity contribution in [1.29, 1.82) is 0 Å². The van der Waals surface area contributed by atoms with Crippen molar-refractivity contribution in [3.8, 4) is 0 Å². The third kappa shape index (κ3) is 3.36. The van der Waals surface area contributed by atoms with E-state index in [0.717, 1.165) is 12.0 Å². The maximum atomic E-state index is 3.31. The predicted molar refractivity (Wildman–Crippen MR) is 68.6 cm³/mol. The molecule has 1 N–H and O–H groups in total. The van der Waals surface area contributed by atoms with Gasteiger partial charge in [-0.3, -0.25) is 4.90 Å². The maximum absolute atomic E-state index is 3.31. The van der Waals surface area contributed by atoms with Gasteiger partial charge in [-0.1, -0.05) is 0 Å². The van der Waals surface area contributed by atoms with Gasteiger partial charge in [-0.25, -0.2) is 0 Å². The molecule has 2 saturated heterocycles. The molecule has 1 atom stereocenters. The van der Waals surface area contributed by atoms with E-state index in [0.29, 0.717) is 0 Å². The van der Waals surface area contributed by atoms with Gasteiger partial charge in [0.05, 0.1) is 0 Å². The van der Waals surface area contributed by atoms with E-state index in [4.69, 9.17) is 0 Å². The number of nitrogens with one attached hydrogen (secondary N) is 1. The summed E-state index contributed by atoms with van der Waals surface area (Å²) in [5.74, 6) is 3.71. The van der Waals surface area contributed by atoms with Crippen LogP contribution in [-0.4, -0.2) is 49.1 Å². The monoisotopic (exact) mass is 228 g/mol. The zero-order valence-electron chi connectivity index (χ0n) is 9.87. The molecule has 0 amide bonds. The molecule has 88 valence electrons. The molecule has 15 heavy (non-hydrogen) atoms. The fraction of sp³-hybridized carbons (Fsp3) is 1.00. The third-order valence-corrected chi connectivity index (χ3v) is 4.99. The maximum Gasteiger partial charge on any atom is 0.0186 e. The topological polar surface area (TPSA) is 15.3 Å². The molecule has 0 aliphatic carbocycles. The van der Waals surface area contributed by atoms with Gasteiger partial charge in [-0.15, -0.1) is 0 Å². The van der Waals surface area contributed by atoms with E-state index in [1.54, 1.807) is 0 Å². The molecular formula is C12H24N2S. The molecule has 0 bridgehead atoms. The highest BCUT2D eigenvalue weighted by molar-refractivity contribution is 7.99. The lowest BCUT2D eigenvalue weighted by Crippen LogP contribution is -2.45. The summed E-state index contributed by atoms with van der Waals surface area (Å²) >= 11 is 2.15. The smallest absolute Gasteiger partial charge is 0.0186 e. The third-order valence-electron chi connectivity index (χ3n) is 3.79. The molecule has 2 aliphatic rings. The number of hydrogen-bond acceptors (Lipinski definition) is 3. The standard InChI is InChI=1S/C12H24N2S/c1-13-9-11-4-6-14(7-5-11)12-3-2-8-15-10-12/h11-13H,2-10H2,1H3. The average Bonchev–Trinajstić information content (AvgIpc) is 2.32. The number of nitrogens with zero attached hydrogens (tertiary/aromatic N) is 1. The Labute approximate surface area is 98.2 Å². The molecule has 0 aromatic heterocycles. The van der Waals surface area contributed by atoms with Crippen molar-refractivity contribution in [2.75, 3.05) is 38.2 Å². The number of likely N-dealkylation sites (tertiary alicyclic amines) is 1. The highest BCUT2D eigenvalue weighted by Gasteiger charge is 2.25. The van der Waals surface area contributed by atoms with Crippen LogP contribution in [0.4, 0.5) is 0 Å². The normalized spacial score (nSPS) is 30.6. The fourth-order valence-electron chi connectivity index (χ4n) is 2.82. The van der Waals surface area contributed by atoms with Gasteiger partial charge in [-0.2, -0.15) is 11.8 Å². The molecule has 3 heteroatoms. The summed E-state index contributed by atoms with van der Waals surface area (Å²) in [6, 6.07) is 0.902. The number of hydrogen-bond donors (Lipinski definition) is 1. The van der Waals surface area contributed by atoms with Gasteiger partial charge in [0.2, 0.25) is 0 Å². The summed E-state index contributed by atoms with van der Waals surface area (Å²) in [7, 11) is 2.07. The molecule has 2 aliphatic heterocycles. The van der Waals surface area contributed by atoms with Crippen LogP contribution in [-0.2, 0) is 0 Å². The van der Waals surface area contributed by atoms with Gasteiger partial charge in [0.25, 0.3) is 0 Å². The van der Waals surface area contributed by atoms with Crippen LogP contribution in [0, 0.1) is 5.92 Å². The summed E-state index contributed by atoms with van der Waals surface area (Å²) in [5, 5.41) is 3.31. The van der Waals surface area contributed by atoms with E-state index in [-0.39, 0.29) is 0 Å². The lowest BCUT2D eigenvalue weighted by atomic mass is 9.95. The van der Waals surface area contributed by atoms with Crippen molar-refractivity contribution in [1.82, 2.24) is 10.2 Å². The van der Waals surface area contributed by atoms with Gasteiger partial charge in [0.15, 0.2) is 0 Å². The van der Waals surface area contributed by atoms with Crippen LogP contribution in [0.2, 0.25) is 0 Å². The van der Waals surface area contributed by atoms with E-state index >= 15 is 0 Å². The Morgan fingerprint density at radius 3 is 2.67 bits per heavy atom. The molecule has 1 unspecified atom stereocenters. The second kappa shape index (κ2) is 6.12. The number of thioether (sulfide) groups is 1. The SMILES string of the molecule is CNCC1CCN(C2CCCSC2)CC1. The summed E-state index contributed by atoms with van der Waals surface area (Å²) in [6.45, 7) is 3.91. The van der Waals surface area contributed by atoms with Crippen molar-refractivity contribution in [2.24, 2.45) is 5.92 Å². The minimum absolute atomic E-state index is 0.902. The molecule has 2 fully saturated rings. The minimum Gasteiger partial charge on any atom is -0.319 e. The molecule has 2 rings (SSSR count). The van der Waals surface area contributed by atoms with Crippen molar-refractivity contribution < 1.29 is 0 Å². The highest BCUT2D eigenvalue weighted by atomic mass is 32.2. The van der Waals surface area contributed by atoms with Gasteiger partial charge < -0.3 is 5.32 Å². The lowest BCUT2D eigenvalue weighted by Gasteiger charge is -2.39. The molecule has 0 aromatic carbocycles. The zero-order valence-corrected chi connectivity index (χ0v) is 10.7. The lowest BCUT2D eigenvalue weighted by molar-refractivity contribution is 0.136. The Morgan fingerprint density at radius 1 is 1.27 bits per heavy atom. The van der Waals surface area contributed by atoms with Crippen LogP contribution < -0.4 is 5.32 Å². The molecule has 2 nitrogen and oxygen atoms in total. The van der Waals surface area contributed by atoms with Crippen molar-refractivity contribution >= 4 is 11.8 Å². The highest BCUT2D eigenvalue weighted by Crippen LogP contribution is 2.25. The van der Waals surface area contributed by atoms with Crippen LogP contribution in [0.15, 0.2) is 0 Å². The van der Waals surface area contributed by atoms with Crippen molar-refractivity contribution in [2.45, 2.75) is 31.7 Å².